The first-order chi connectivity index (χ1) is 40.8. The lowest BCUT2D eigenvalue weighted by molar-refractivity contribution is -0.142. The zero-order valence-corrected chi connectivity index (χ0v) is 48.2. The van der Waals surface area contributed by atoms with E-state index in [1.54, 1.807) is 0 Å². The Morgan fingerprint density at radius 3 is 1.07 bits per heavy atom. The minimum atomic E-state index is -2.09. The van der Waals surface area contributed by atoms with E-state index in [0.717, 1.165) is 0 Å². The predicted molar refractivity (Wildman–Crippen MR) is 296 cm³/mol. The number of carbonyl (C=O) groups excluding carboxylic acids is 6. The van der Waals surface area contributed by atoms with Crippen LogP contribution in [0.1, 0.15) is 70.6 Å². The SMILES string of the molecule is NC(=O)CNC(=O)CNC(=O)CCC(=O)NCCCC[C@H](NC(=O)[C@@H](N)CCCCN(C[C@H](O)[C@@H](O)[C@H](O)[C@H](O)CO)C[C@H](O)[C@@H](O)[C@H](O)[C@H](O)CO)C(=O)N[C@@H](CCCCN(C[C@H](O)[C@@H](O)[C@H](O)[C@H](O)CO)C[C@H](O)[C@@H](O)[C@H](O)[C@H](O)CO)C(=O)O. The van der Waals surface area contributed by atoms with Crippen molar-refractivity contribution in [2.75, 3.05) is 85.3 Å². The maximum Gasteiger partial charge on any atom is 0.326 e. The van der Waals surface area contributed by atoms with Gasteiger partial charge in [0.05, 0.1) is 70.0 Å². The third kappa shape index (κ3) is 33.1. The smallest absolute Gasteiger partial charge is 0.326 e. The summed E-state index contributed by atoms with van der Waals surface area (Å²) in [7, 11) is 0. The van der Waals surface area contributed by atoms with Crippen LogP contribution in [0.15, 0.2) is 0 Å². The molecule has 0 rings (SSSR count). The fourth-order valence-corrected chi connectivity index (χ4v) is 8.38. The third-order valence-corrected chi connectivity index (χ3v) is 13.9. The molecule has 30 N–H and O–H groups in total. The first-order valence-corrected chi connectivity index (χ1v) is 28.2. The van der Waals surface area contributed by atoms with Crippen LogP contribution in [0.2, 0.25) is 0 Å². The highest BCUT2D eigenvalue weighted by Crippen LogP contribution is 2.16. The molecule has 0 bridgehead atoms. The van der Waals surface area contributed by atoms with Crippen molar-refractivity contribution in [2.24, 2.45) is 11.5 Å². The molecule has 0 heterocycles. The summed E-state index contributed by atoms with van der Waals surface area (Å²) in [6.45, 7) is -7.70. The van der Waals surface area contributed by atoms with E-state index in [4.69, 9.17) is 11.5 Å². The average Bonchev–Trinajstić information content (AvgIpc) is 3.54. The molecule has 0 aromatic heterocycles. The van der Waals surface area contributed by atoms with Crippen LogP contribution in [-0.2, 0) is 33.6 Å². The van der Waals surface area contributed by atoms with Gasteiger partial charge in [-0.3, -0.25) is 38.6 Å². The van der Waals surface area contributed by atoms with Crippen molar-refractivity contribution in [1.82, 2.24) is 36.4 Å². The topological polar surface area (TPSA) is 663 Å². The van der Waals surface area contributed by atoms with Gasteiger partial charge < -0.3 is 145 Å². The number of nitrogens with one attached hydrogen (secondary N) is 5. The van der Waals surface area contributed by atoms with Crippen molar-refractivity contribution in [1.29, 1.82) is 0 Å². The lowest BCUT2D eigenvalue weighted by atomic mass is 10.0. The summed E-state index contributed by atoms with van der Waals surface area (Å²) < 4.78 is 0. The number of aliphatic hydroxyl groups excluding tert-OH is 20. The van der Waals surface area contributed by atoms with Crippen molar-refractivity contribution in [3.05, 3.63) is 0 Å². The number of amides is 6. The van der Waals surface area contributed by atoms with Crippen molar-refractivity contribution < 1.29 is 141 Å². The van der Waals surface area contributed by atoms with Gasteiger partial charge in [0.15, 0.2) is 0 Å². The number of primary amides is 1. The van der Waals surface area contributed by atoms with E-state index in [2.05, 4.69) is 26.6 Å². The zero-order valence-electron chi connectivity index (χ0n) is 48.2. The number of carboxylic acid groups (broad SMARTS) is 1. The van der Waals surface area contributed by atoms with Crippen LogP contribution in [0.4, 0.5) is 0 Å². The summed E-state index contributed by atoms with van der Waals surface area (Å²) >= 11 is 0. The Hall–Kier alpha value is -4.63. The number of carboxylic acids is 1. The van der Waals surface area contributed by atoms with Crippen LogP contribution in [0.25, 0.3) is 0 Å². The van der Waals surface area contributed by atoms with E-state index >= 15 is 0 Å². The first kappa shape index (κ1) is 82.4. The maximum absolute atomic E-state index is 13.9. The van der Waals surface area contributed by atoms with Gasteiger partial charge in [0.1, 0.15) is 85.3 Å². The molecule has 0 aromatic rings. The van der Waals surface area contributed by atoms with Crippen LogP contribution in [-0.4, -0.2) is 360 Å². The minimum Gasteiger partial charge on any atom is -0.480 e. The molecule has 0 fully saturated rings. The molecule has 87 heavy (non-hydrogen) atoms. The van der Waals surface area contributed by atoms with E-state index in [9.17, 15) is 141 Å². The van der Waals surface area contributed by atoms with E-state index in [0.29, 0.717) is 0 Å². The normalized spacial score (nSPS) is 18.6. The number of hydrogen-bond donors (Lipinski definition) is 28. The monoisotopic (exact) mass is 1270 g/mol. The summed E-state index contributed by atoms with van der Waals surface area (Å²) in [5, 5.41) is 223. The first-order valence-electron chi connectivity index (χ1n) is 28.2. The third-order valence-electron chi connectivity index (χ3n) is 13.9. The van der Waals surface area contributed by atoms with E-state index in [1.165, 1.54) is 9.80 Å². The molecule has 0 radical (unpaired) electrons. The van der Waals surface area contributed by atoms with Gasteiger partial charge in [-0.25, -0.2) is 4.79 Å². The van der Waals surface area contributed by atoms with Crippen molar-refractivity contribution in [3.63, 3.8) is 0 Å². The molecule has 0 unspecified atom stereocenters. The molecule has 0 aliphatic carbocycles. The van der Waals surface area contributed by atoms with Crippen LogP contribution < -0.4 is 38.1 Å². The summed E-state index contributed by atoms with van der Waals surface area (Å²) in [6, 6.07) is -4.52. The number of rotatable bonds is 51. The van der Waals surface area contributed by atoms with Crippen LogP contribution in [0, 0.1) is 0 Å². The second kappa shape index (κ2) is 44.8. The quantitative estimate of drug-likeness (QED) is 0.0252. The highest BCUT2D eigenvalue weighted by molar-refractivity contribution is 5.92. The Bertz CT molecular complexity index is 1920. The summed E-state index contributed by atoms with van der Waals surface area (Å²) in [6.07, 6.45) is -32.6. The fraction of sp³-hybridized carbons (Fsp3) is 0.860. The summed E-state index contributed by atoms with van der Waals surface area (Å²) in [5.41, 5.74) is 11.2. The number of nitrogens with two attached hydrogens (primary N) is 2. The van der Waals surface area contributed by atoms with E-state index in [-0.39, 0.29) is 90.3 Å². The highest BCUT2D eigenvalue weighted by Gasteiger charge is 2.37. The number of hydrogen-bond acceptors (Lipinski definition) is 30. The molecule has 0 aromatic carbocycles. The minimum absolute atomic E-state index is 0.0193. The Morgan fingerprint density at radius 2 is 0.701 bits per heavy atom. The van der Waals surface area contributed by atoms with Gasteiger partial charge in [0.2, 0.25) is 35.4 Å². The highest BCUT2D eigenvalue weighted by atomic mass is 16.4. The molecule has 0 saturated carbocycles. The van der Waals surface area contributed by atoms with Gasteiger partial charge in [-0.15, -0.1) is 0 Å². The van der Waals surface area contributed by atoms with Gasteiger partial charge >= 0.3 is 5.97 Å². The standard InChI is InChI=1S/C50H97N9O28/c51-25(7-2-5-13-58(17-28(64)40(76)44(80)32(68)21-60)18-29(65)41(77)45(81)33(69)22-61)48(84)56-26(8-1-4-12-53-37(73)10-11-38(74)55-16-39(75)54-15-36(52)72)49(85)57-27(50(86)87)9-3-6-14-59(19-30(66)42(78)46(82)34(70)23-62)20-31(67)43(79)47(83)35(71)24-63/h25-35,40-47,60-71,76-83H,1-24,51H2,(H2,52,72)(H,53,73)(H,54,75)(H,55,74)(H,56,84)(H,57,85)(H,86,87)/t25-,26-,27-,28-,29-,30-,31-,32+,33+,34+,35+,40+,41+,42+,43+,44+,45+,46+,47+/m0/s1. The lowest BCUT2D eigenvalue weighted by Crippen LogP contribution is -2.54. The lowest BCUT2D eigenvalue weighted by Gasteiger charge is -2.33. The van der Waals surface area contributed by atoms with Gasteiger partial charge in [-0.1, -0.05) is 6.42 Å². The number of unbranched alkanes of at least 4 members (excludes halogenated alkanes) is 3. The largest absolute Gasteiger partial charge is 0.480 e. The van der Waals surface area contributed by atoms with Crippen molar-refractivity contribution >= 4 is 41.4 Å². The van der Waals surface area contributed by atoms with Crippen LogP contribution in [0.3, 0.4) is 0 Å². The molecule has 19 atom stereocenters. The Balaban J connectivity index is 6.33. The fourth-order valence-electron chi connectivity index (χ4n) is 8.38. The van der Waals surface area contributed by atoms with Crippen LogP contribution in [0.5, 0.6) is 0 Å². The molecular formula is C50H97N9O28. The Morgan fingerprint density at radius 1 is 0.379 bits per heavy atom. The molecule has 37 heteroatoms. The van der Waals surface area contributed by atoms with Gasteiger partial charge in [0, 0.05) is 45.6 Å². The van der Waals surface area contributed by atoms with Gasteiger partial charge in [-0.05, 0) is 64.5 Å². The van der Waals surface area contributed by atoms with Crippen molar-refractivity contribution in [3.8, 4) is 0 Å². The van der Waals surface area contributed by atoms with Gasteiger partial charge in [-0.2, -0.15) is 0 Å². The molecule has 0 aliphatic rings. The Labute approximate surface area is 500 Å². The number of aliphatic carboxylic acids is 1. The summed E-state index contributed by atoms with van der Waals surface area (Å²) in [5.74, 6) is -6.26. The second-order valence-corrected chi connectivity index (χ2v) is 21.1. The molecule has 37 nitrogen and oxygen atoms in total. The molecule has 0 saturated heterocycles. The number of carbonyl (C=O) groups is 7. The van der Waals surface area contributed by atoms with E-state index in [1.807, 2.05) is 0 Å². The maximum atomic E-state index is 13.9. The summed E-state index contributed by atoms with van der Waals surface area (Å²) in [4.78, 5) is 89.6. The number of nitrogens with zero attached hydrogens (tertiary/aromatic N) is 2. The predicted octanol–water partition coefficient (Wildman–Crippen LogP) is -15.2. The Kier molecular flexibility index (Phi) is 42.4. The molecule has 6 amide bonds. The molecule has 510 valence electrons. The van der Waals surface area contributed by atoms with Gasteiger partial charge in [0.25, 0.3) is 0 Å². The average molecular weight is 1270 g/mol. The second-order valence-electron chi connectivity index (χ2n) is 21.1. The molecule has 0 aliphatic heterocycles. The van der Waals surface area contributed by atoms with Crippen LogP contribution >= 0.6 is 0 Å². The number of aliphatic hydroxyl groups is 20. The van der Waals surface area contributed by atoms with Crippen molar-refractivity contribution in [2.45, 2.75) is 186 Å². The zero-order chi connectivity index (χ0) is 66.7. The van der Waals surface area contributed by atoms with E-state index < -0.39 is 223 Å². The molecular weight excluding hydrogens is 1170 g/mol. The molecule has 0 spiro atoms.